The van der Waals surface area contributed by atoms with Crippen molar-refractivity contribution >= 4 is 34.3 Å². The van der Waals surface area contributed by atoms with E-state index in [1.807, 2.05) is 19.0 Å². The summed E-state index contributed by atoms with van der Waals surface area (Å²) < 4.78 is 0.748. The summed E-state index contributed by atoms with van der Waals surface area (Å²) in [5.74, 6) is -0.318. The fourth-order valence-corrected chi connectivity index (χ4v) is 1.58. The number of carbonyl (C=O) groups is 1. The number of nitrogens with zero attached hydrogens (tertiary/aromatic N) is 1. The average molecular weight is 222 g/mol. The molecule has 6 heteroatoms. The van der Waals surface area contributed by atoms with Crippen LogP contribution in [0.15, 0.2) is 0 Å². The number of rotatable bonds is 4. The Kier molecular flexibility index (Phi) is 6.02. The van der Waals surface area contributed by atoms with Gasteiger partial charge < -0.3 is 15.7 Å². The number of nitrogens with two attached hydrogens (primary N) is 1. The Hall–Kier alpha value is -0.330. The van der Waals surface area contributed by atoms with Crippen molar-refractivity contribution < 1.29 is 9.90 Å². The SMILES string of the molecule is CN(C)C(=S)SCCC(N)C(=O)O. The molecule has 0 fully saturated rings. The summed E-state index contributed by atoms with van der Waals surface area (Å²) in [6.07, 6.45) is 0.438. The molecular weight excluding hydrogens is 208 g/mol. The molecule has 0 rings (SSSR count). The van der Waals surface area contributed by atoms with Gasteiger partial charge in [0.05, 0.1) is 0 Å². The Bertz CT molecular complexity index is 197. The molecule has 0 aromatic heterocycles. The smallest absolute Gasteiger partial charge is 0.320 e. The monoisotopic (exact) mass is 222 g/mol. The van der Waals surface area contributed by atoms with Crippen LogP contribution in [0.5, 0.6) is 0 Å². The largest absolute Gasteiger partial charge is 0.480 e. The zero-order valence-corrected chi connectivity index (χ0v) is 9.32. The molecule has 0 saturated heterocycles. The van der Waals surface area contributed by atoms with E-state index in [0.29, 0.717) is 12.2 Å². The Morgan fingerprint density at radius 3 is 2.62 bits per heavy atom. The summed E-state index contributed by atoms with van der Waals surface area (Å²) in [6, 6.07) is -0.780. The molecule has 0 radical (unpaired) electrons. The van der Waals surface area contributed by atoms with Gasteiger partial charge in [0.2, 0.25) is 0 Å². The van der Waals surface area contributed by atoms with E-state index in [1.54, 1.807) is 0 Å². The number of carboxylic acid groups (broad SMARTS) is 1. The molecule has 0 aliphatic heterocycles. The number of carboxylic acids is 1. The maximum atomic E-state index is 10.3. The van der Waals surface area contributed by atoms with Gasteiger partial charge in [-0.05, 0) is 6.42 Å². The van der Waals surface area contributed by atoms with E-state index in [1.165, 1.54) is 11.8 Å². The minimum absolute atomic E-state index is 0.438. The molecular formula is C7H14N2O2S2. The second-order valence-corrected chi connectivity index (χ2v) is 4.47. The third kappa shape index (κ3) is 5.84. The van der Waals surface area contributed by atoms with Crippen LogP contribution in [0.1, 0.15) is 6.42 Å². The van der Waals surface area contributed by atoms with Gasteiger partial charge in [-0.1, -0.05) is 24.0 Å². The van der Waals surface area contributed by atoms with Crippen LogP contribution in [0.25, 0.3) is 0 Å². The van der Waals surface area contributed by atoms with Gasteiger partial charge in [-0.2, -0.15) is 0 Å². The van der Waals surface area contributed by atoms with E-state index >= 15 is 0 Å². The van der Waals surface area contributed by atoms with Crippen molar-refractivity contribution in [1.29, 1.82) is 0 Å². The maximum absolute atomic E-state index is 10.3. The topological polar surface area (TPSA) is 66.6 Å². The molecule has 1 atom stereocenters. The number of hydrogen-bond donors (Lipinski definition) is 2. The Labute approximate surface area is 87.5 Å². The predicted molar refractivity (Wildman–Crippen MR) is 59.0 cm³/mol. The molecule has 0 aromatic carbocycles. The average Bonchev–Trinajstić information content (AvgIpc) is 2.03. The van der Waals surface area contributed by atoms with Gasteiger partial charge in [-0.15, -0.1) is 0 Å². The lowest BCUT2D eigenvalue weighted by molar-refractivity contribution is -0.138. The van der Waals surface area contributed by atoms with E-state index < -0.39 is 12.0 Å². The van der Waals surface area contributed by atoms with E-state index in [0.717, 1.165) is 4.32 Å². The molecule has 0 aliphatic rings. The highest BCUT2D eigenvalue weighted by Crippen LogP contribution is 2.08. The van der Waals surface area contributed by atoms with Crippen LogP contribution < -0.4 is 5.73 Å². The van der Waals surface area contributed by atoms with Crippen molar-refractivity contribution in [2.24, 2.45) is 5.73 Å². The second kappa shape index (κ2) is 6.17. The fraction of sp³-hybridized carbons (Fsp3) is 0.714. The number of thiocarbonyl (C=S) groups is 1. The molecule has 0 aromatic rings. The molecule has 0 amide bonds. The Balaban J connectivity index is 3.56. The predicted octanol–water partition coefficient (Wildman–Crippen LogP) is 0.368. The number of thioether (sulfide) groups is 1. The molecule has 1 unspecified atom stereocenters. The Morgan fingerprint density at radius 2 is 2.23 bits per heavy atom. The molecule has 0 heterocycles. The van der Waals surface area contributed by atoms with E-state index in [2.05, 4.69) is 0 Å². The van der Waals surface area contributed by atoms with Crippen molar-refractivity contribution in [2.75, 3.05) is 19.8 Å². The van der Waals surface area contributed by atoms with Crippen LogP contribution in [0.4, 0.5) is 0 Å². The van der Waals surface area contributed by atoms with Gasteiger partial charge in [0.25, 0.3) is 0 Å². The van der Waals surface area contributed by atoms with Crippen LogP contribution in [-0.2, 0) is 4.79 Å². The quantitative estimate of drug-likeness (QED) is 0.670. The first-order valence-electron chi connectivity index (χ1n) is 3.77. The van der Waals surface area contributed by atoms with E-state index in [4.69, 9.17) is 23.1 Å². The molecule has 76 valence electrons. The highest BCUT2D eigenvalue weighted by Gasteiger charge is 2.11. The standard InChI is InChI=1S/C7H14N2O2S2/c1-9(2)7(12)13-4-3-5(8)6(10)11/h5H,3-4,8H2,1-2H3,(H,10,11). The summed E-state index contributed by atoms with van der Waals surface area (Å²) in [7, 11) is 3.71. The van der Waals surface area contributed by atoms with Crippen LogP contribution in [0.3, 0.4) is 0 Å². The first kappa shape index (κ1) is 12.7. The van der Waals surface area contributed by atoms with E-state index in [-0.39, 0.29) is 0 Å². The molecule has 0 saturated carbocycles. The van der Waals surface area contributed by atoms with Crippen molar-refractivity contribution in [1.82, 2.24) is 4.90 Å². The van der Waals surface area contributed by atoms with Crippen LogP contribution in [0.2, 0.25) is 0 Å². The first-order valence-corrected chi connectivity index (χ1v) is 5.17. The molecule has 13 heavy (non-hydrogen) atoms. The van der Waals surface area contributed by atoms with Gasteiger partial charge >= 0.3 is 5.97 Å². The lowest BCUT2D eigenvalue weighted by Gasteiger charge is -2.13. The minimum atomic E-state index is -0.962. The number of hydrogen-bond acceptors (Lipinski definition) is 4. The van der Waals surface area contributed by atoms with Crippen molar-refractivity contribution in [3.63, 3.8) is 0 Å². The van der Waals surface area contributed by atoms with Gasteiger partial charge in [-0.25, -0.2) is 0 Å². The second-order valence-electron chi connectivity index (χ2n) is 2.74. The highest BCUT2D eigenvalue weighted by atomic mass is 32.2. The third-order valence-corrected chi connectivity index (χ3v) is 3.11. The minimum Gasteiger partial charge on any atom is -0.480 e. The highest BCUT2D eigenvalue weighted by molar-refractivity contribution is 8.22. The van der Waals surface area contributed by atoms with Gasteiger partial charge in [0, 0.05) is 19.8 Å². The van der Waals surface area contributed by atoms with Gasteiger partial charge in [0.15, 0.2) is 0 Å². The summed E-state index contributed by atoms with van der Waals surface area (Å²) in [5, 5.41) is 8.48. The van der Waals surface area contributed by atoms with Crippen LogP contribution in [0, 0.1) is 0 Å². The van der Waals surface area contributed by atoms with Gasteiger partial charge in [0.1, 0.15) is 10.4 Å². The van der Waals surface area contributed by atoms with Crippen molar-refractivity contribution in [3.05, 3.63) is 0 Å². The first-order chi connectivity index (χ1) is 5.95. The molecule has 4 nitrogen and oxygen atoms in total. The Morgan fingerprint density at radius 1 is 1.69 bits per heavy atom. The van der Waals surface area contributed by atoms with Crippen molar-refractivity contribution in [2.45, 2.75) is 12.5 Å². The lowest BCUT2D eigenvalue weighted by atomic mass is 10.2. The van der Waals surface area contributed by atoms with Gasteiger partial charge in [-0.3, -0.25) is 4.79 Å². The molecule has 0 bridgehead atoms. The maximum Gasteiger partial charge on any atom is 0.320 e. The summed E-state index contributed by atoms with van der Waals surface area (Å²) >= 11 is 6.44. The van der Waals surface area contributed by atoms with Crippen molar-refractivity contribution in [3.8, 4) is 0 Å². The lowest BCUT2D eigenvalue weighted by Crippen LogP contribution is -2.30. The molecule has 0 spiro atoms. The zero-order chi connectivity index (χ0) is 10.4. The summed E-state index contributed by atoms with van der Waals surface area (Å²) in [4.78, 5) is 12.1. The normalized spacial score (nSPS) is 12.2. The zero-order valence-electron chi connectivity index (χ0n) is 7.69. The molecule has 3 N–H and O–H groups in total. The molecule has 0 aliphatic carbocycles. The van der Waals surface area contributed by atoms with Crippen LogP contribution >= 0.6 is 24.0 Å². The summed E-state index contributed by atoms with van der Waals surface area (Å²) in [6.45, 7) is 0. The van der Waals surface area contributed by atoms with Crippen LogP contribution in [-0.4, -0.2) is 46.2 Å². The fourth-order valence-electron chi connectivity index (χ4n) is 0.526. The third-order valence-electron chi connectivity index (χ3n) is 1.34. The van der Waals surface area contributed by atoms with E-state index in [9.17, 15) is 4.79 Å². The summed E-state index contributed by atoms with van der Waals surface area (Å²) in [5.41, 5.74) is 5.31. The number of aliphatic carboxylic acids is 1.